The summed E-state index contributed by atoms with van der Waals surface area (Å²) in [6.07, 6.45) is 2.74. The van der Waals surface area contributed by atoms with Crippen LogP contribution in [-0.4, -0.2) is 17.0 Å². The largest absolute Gasteiger partial charge is 0.481 e. The summed E-state index contributed by atoms with van der Waals surface area (Å²) in [7, 11) is 0. The van der Waals surface area contributed by atoms with E-state index in [1.54, 1.807) is 24.3 Å². The average Bonchev–Trinajstić information content (AvgIpc) is 3.01. The van der Waals surface area contributed by atoms with Crippen molar-refractivity contribution >= 4 is 29.2 Å². The van der Waals surface area contributed by atoms with Crippen molar-refractivity contribution in [1.29, 1.82) is 0 Å². The van der Waals surface area contributed by atoms with Crippen molar-refractivity contribution < 1.29 is 14.7 Å². The standard InChI is InChI=1S/C15H16ClNO3/c16-10-3-1-2-4-11(10)17-14(18)12-8-5-6-9(7-8)13(12)15(19)20/h1-4,8-9,12-13H,5-7H2,(H,17,18)(H,19,20)/t8-,9-,12+,13-/m0/s1. The maximum Gasteiger partial charge on any atom is 0.307 e. The number of hydrogen-bond donors (Lipinski definition) is 2. The fourth-order valence-electron chi connectivity index (χ4n) is 3.80. The Kier molecular flexibility index (Phi) is 3.42. The fourth-order valence-corrected chi connectivity index (χ4v) is 3.99. The van der Waals surface area contributed by atoms with Crippen LogP contribution in [0.4, 0.5) is 5.69 Å². The van der Waals surface area contributed by atoms with Gasteiger partial charge in [0, 0.05) is 0 Å². The first-order valence-electron chi connectivity index (χ1n) is 6.86. The Hall–Kier alpha value is -1.55. The van der Waals surface area contributed by atoms with Gasteiger partial charge in [0.25, 0.3) is 0 Å². The van der Waals surface area contributed by atoms with Crippen molar-refractivity contribution in [3.63, 3.8) is 0 Å². The van der Waals surface area contributed by atoms with Gasteiger partial charge in [-0.2, -0.15) is 0 Å². The van der Waals surface area contributed by atoms with E-state index in [9.17, 15) is 14.7 Å². The number of amides is 1. The highest BCUT2D eigenvalue weighted by Crippen LogP contribution is 2.52. The molecule has 2 N–H and O–H groups in total. The van der Waals surface area contributed by atoms with Gasteiger partial charge < -0.3 is 10.4 Å². The lowest BCUT2D eigenvalue weighted by Gasteiger charge is -2.27. The number of anilines is 1. The minimum atomic E-state index is -0.850. The summed E-state index contributed by atoms with van der Waals surface area (Å²) in [5.74, 6) is -1.68. The molecule has 2 fully saturated rings. The lowest BCUT2D eigenvalue weighted by Crippen LogP contribution is -2.37. The van der Waals surface area contributed by atoms with E-state index in [0.717, 1.165) is 19.3 Å². The summed E-state index contributed by atoms with van der Waals surface area (Å²) in [4.78, 5) is 23.9. The van der Waals surface area contributed by atoms with Crippen LogP contribution < -0.4 is 5.32 Å². The lowest BCUT2D eigenvalue weighted by atomic mass is 9.78. The van der Waals surface area contributed by atoms with E-state index in [1.165, 1.54) is 0 Å². The molecule has 0 aliphatic heterocycles. The van der Waals surface area contributed by atoms with Crippen molar-refractivity contribution in [3.8, 4) is 0 Å². The minimum Gasteiger partial charge on any atom is -0.481 e. The number of halogens is 1. The molecule has 20 heavy (non-hydrogen) atoms. The topological polar surface area (TPSA) is 66.4 Å². The summed E-state index contributed by atoms with van der Waals surface area (Å²) in [5.41, 5.74) is 0.547. The number of fused-ring (bicyclic) bond motifs is 2. The molecule has 1 aromatic carbocycles. The summed E-state index contributed by atoms with van der Waals surface area (Å²) < 4.78 is 0. The number of benzene rings is 1. The SMILES string of the molecule is O=C(Nc1ccccc1Cl)[C@@H]1[C@H]2CC[C@@H](C2)[C@@H]1C(=O)O. The number of para-hydroxylation sites is 1. The van der Waals surface area contributed by atoms with Crippen molar-refractivity contribution in [2.75, 3.05) is 5.32 Å². The maximum absolute atomic E-state index is 12.4. The molecule has 2 bridgehead atoms. The van der Waals surface area contributed by atoms with E-state index < -0.39 is 17.8 Å². The lowest BCUT2D eigenvalue weighted by molar-refractivity contribution is -0.148. The van der Waals surface area contributed by atoms with Crippen LogP contribution in [0.25, 0.3) is 0 Å². The van der Waals surface area contributed by atoms with Gasteiger partial charge in [-0.25, -0.2) is 0 Å². The van der Waals surface area contributed by atoms with Crippen molar-refractivity contribution in [2.24, 2.45) is 23.7 Å². The van der Waals surface area contributed by atoms with Crippen molar-refractivity contribution in [3.05, 3.63) is 29.3 Å². The third-order valence-electron chi connectivity index (χ3n) is 4.64. The highest BCUT2D eigenvalue weighted by atomic mass is 35.5. The third-order valence-corrected chi connectivity index (χ3v) is 4.97. The summed E-state index contributed by atoms with van der Waals surface area (Å²) >= 11 is 6.02. The number of carboxylic acids is 1. The molecule has 1 aromatic rings. The van der Waals surface area contributed by atoms with Crippen molar-refractivity contribution in [1.82, 2.24) is 0 Å². The molecule has 0 saturated heterocycles. The smallest absolute Gasteiger partial charge is 0.307 e. The first-order valence-corrected chi connectivity index (χ1v) is 7.24. The van der Waals surface area contributed by atoms with E-state index in [-0.39, 0.29) is 17.7 Å². The monoisotopic (exact) mass is 293 g/mol. The van der Waals surface area contributed by atoms with Crippen LogP contribution in [0.15, 0.2) is 24.3 Å². The minimum absolute atomic E-state index is 0.152. The molecule has 2 saturated carbocycles. The Morgan fingerprint density at radius 2 is 1.80 bits per heavy atom. The molecule has 0 aromatic heterocycles. The Bertz CT molecular complexity index is 560. The van der Waals surface area contributed by atoms with Gasteiger partial charge in [-0.3, -0.25) is 9.59 Å². The molecule has 0 unspecified atom stereocenters. The molecule has 4 atom stereocenters. The first-order chi connectivity index (χ1) is 9.58. The average molecular weight is 294 g/mol. The molecule has 106 valence electrons. The Morgan fingerprint density at radius 1 is 1.15 bits per heavy atom. The highest BCUT2D eigenvalue weighted by molar-refractivity contribution is 6.33. The number of carboxylic acid groups (broad SMARTS) is 1. The molecule has 1 amide bonds. The van der Waals surface area contributed by atoms with Gasteiger partial charge in [0.05, 0.1) is 22.5 Å². The van der Waals surface area contributed by atoms with E-state index in [1.807, 2.05) is 0 Å². The zero-order valence-corrected chi connectivity index (χ0v) is 11.6. The van der Waals surface area contributed by atoms with Gasteiger partial charge >= 0.3 is 5.97 Å². The number of nitrogens with one attached hydrogen (secondary N) is 1. The van der Waals surface area contributed by atoms with Crippen LogP contribution in [0, 0.1) is 23.7 Å². The van der Waals surface area contributed by atoms with Gasteiger partial charge in [-0.05, 0) is 43.2 Å². The molecule has 0 spiro atoms. The molecule has 3 rings (SSSR count). The molecule has 2 aliphatic carbocycles. The van der Waals surface area contributed by atoms with E-state index >= 15 is 0 Å². The molecule has 0 heterocycles. The van der Waals surface area contributed by atoms with E-state index in [0.29, 0.717) is 10.7 Å². The zero-order valence-electron chi connectivity index (χ0n) is 10.9. The molecule has 5 heteroatoms. The fraction of sp³-hybridized carbons (Fsp3) is 0.467. The van der Waals surface area contributed by atoms with Crippen molar-refractivity contribution in [2.45, 2.75) is 19.3 Å². The second-order valence-corrected chi connectivity index (χ2v) is 6.10. The van der Waals surface area contributed by atoms with Crippen LogP contribution in [0.2, 0.25) is 5.02 Å². The normalized spacial score (nSPS) is 31.2. The molecule has 0 radical (unpaired) electrons. The second-order valence-electron chi connectivity index (χ2n) is 5.69. The summed E-state index contributed by atoms with van der Waals surface area (Å²) in [5, 5.41) is 12.6. The molecule has 2 aliphatic rings. The predicted octanol–water partition coefficient (Wildman–Crippen LogP) is 3.03. The highest BCUT2D eigenvalue weighted by Gasteiger charge is 2.53. The first kappa shape index (κ1) is 13.4. The van der Waals surface area contributed by atoms with Crippen LogP contribution in [0.1, 0.15) is 19.3 Å². The van der Waals surface area contributed by atoms with Gasteiger partial charge in [-0.1, -0.05) is 23.7 Å². The summed E-state index contributed by atoms with van der Waals surface area (Å²) in [6, 6.07) is 7.00. The number of hydrogen-bond acceptors (Lipinski definition) is 2. The third kappa shape index (κ3) is 2.18. The summed E-state index contributed by atoms with van der Waals surface area (Å²) in [6.45, 7) is 0. The van der Waals surface area contributed by atoms with E-state index in [4.69, 9.17) is 11.6 Å². The van der Waals surface area contributed by atoms with Gasteiger partial charge in [-0.15, -0.1) is 0 Å². The van der Waals surface area contributed by atoms with Crippen LogP contribution in [0.5, 0.6) is 0 Å². The van der Waals surface area contributed by atoms with Gasteiger partial charge in [0.2, 0.25) is 5.91 Å². The molecular weight excluding hydrogens is 278 g/mol. The van der Waals surface area contributed by atoms with Crippen LogP contribution >= 0.6 is 11.6 Å². The number of rotatable bonds is 3. The predicted molar refractivity (Wildman–Crippen MR) is 75.5 cm³/mol. The Labute approximate surface area is 122 Å². The molecular formula is C15H16ClNO3. The van der Waals surface area contributed by atoms with Crippen LogP contribution in [0.3, 0.4) is 0 Å². The Morgan fingerprint density at radius 3 is 2.45 bits per heavy atom. The Balaban J connectivity index is 1.80. The van der Waals surface area contributed by atoms with Gasteiger partial charge in [0.1, 0.15) is 0 Å². The van der Waals surface area contributed by atoms with E-state index in [2.05, 4.69) is 5.32 Å². The molecule has 4 nitrogen and oxygen atoms in total. The number of aliphatic carboxylic acids is 1. The quantitative estimate of drug-likeness (QED) is 0.900. The number of carbonyl (C=O) groups excluding carboxylic acids is 1. The van der Waals surface area contributed by atoms with Crippen LogP contribution in [-0.2, 0) is 9.59 Å². The zero-order chi connectivity index (χ0) is 14.3. The van der Waals surface area contributed by atoms with Gasteiger partial charge in [0.15, 0.2) is 0 Å². The second kappa shape index (κ2) is 5.09. The number of carbonyl (C=O) groups is 2. The maximum atomic E-state index is 12.4.